The summed E-state index contributed by atoms with van der Waals surface area (Å²) < 4.78 is 0. The molecule has 0 radical (unpaired) electrons. The third-order valence-electron chi connectivity index (χ3n) is 3.80. The number of nitrogens with zero attached hydrogens (tertiary/aromatic N) is 1. The van der Waals surface area contributed by atoms with Crippen LogP contribution in [-0.2, 0) is 22.5 Å². The average Bonchev–Trinajstić information content (AvgIpc) is 3.19. The van der Waals surface area contributed by atoms with E-state index in [9.17, 15) is 4.79 Å². The van der Waals surface area contributed by atoms with Gasteiger partial charge in [0.05, 0.1) is 5.71 Å². The van der Waals surface area contributed by atoms with Crippen molar-refractivity contribution in [2.45, 2.75) is 38.3 Å². The summed E-state index contributed by atoms with van der Waals surface area (Å²) in [6.07, 6.45) is 1.45. The van der Waals surface area contributed by atoms with Crippen molar-refractivity contribution < 1.29 is 9.63 Å². The molecular formula is C18H19ClN2O2S. The molecule has 2 atom stereocenters. The summed E-state index contributed by atoms with van der Waals surface area (Å²) in [5, 5.41) is 9.80. The van der Waals surface area contributed by atoms with Gasteiger partial charge in [0.25, 0.3) is 5.91 Å². The standard InChI is InChI=1S/C18H19ClN2O2S/c1-12(8-16-6-3-7-24-16)20-18(22)17-11-15(21-23-17)10-13-4-2-5-14(19)9-13/h2-7,9,12,17H,8,10-11H2,1H3,(H,20,22)/t12-,17+/m1/s1. The van der Waals surface area contributed by atoms with Crippen LogP contribution in [0.4, 0.5) is 0 Å². The fourth-order valence-corrected chi connectivity index (χ4v) is 3.72. The minimum atomic E-state index is -0.537. The monoisotopic (exact) mass is 362 g/mol. The third kappa shape index (κ3) is 4.58. The number of nitrogens with one attached hydrogen (secondary N) is 1. The van der Waals surface area contributed by atoms with Gasteiger partial charge < -0.3 is 10.2 Å². The van der Waals surface area contributed by atoms with Gasteiger partial charge in [0.1, 0.15) is 0 Å². The number of halogens is 1. The van der Waals surface area contributed by atoms with Crippen molar-refractivity contribution in [1.82, 2.24) is 5.32 Å². The van der Waals surface area contributed by atoms with Gasteiger partial charge in [-0.1, -0.05) is 35.0 Å². The second-order valence-electron chi connectivity index (χ2n) is 5.96. The Hall–Kier alpha value is -1.85. The molecule has 0 unspecified atom stereocenters. The number of oxime groups is 1. The Balaban J connectivity index is 1.48. The SMILES string of the molecule is C[C@H](Cc1cccs1)NC(=O)[C@@H]1CC(Cc2cccc(Cl)c2)=NO1. The molecule has 0 fully saturated rings. The first-order valence-electron chi connectivity index (χ1n) is 7.89. The lowest BCUT2D eigenvalue weighted by Crippen LogP contribution is -2.41. The molecule has 2 heterocycles. The summed E-state index contributed by atoms with van der Waals surface area (Å²) >= 11 is 7.69. The highest BCUT2D eigenvalue weighted by Crippen LogP contribution is 2.18. The summed E-state index contributed by atoms with van der Waals surface area (Å²) in [5.74, 6) is -0.107. The van der Waals surface area contributed by atoms with Crippen molar-refractivity contribution in [1.29, 1.82) is 0 Å². The van der Waals surface area contributed by atoms with Crippen LogP contribution in [0, 0.1) is 0 Å². The molecule has 1 aromatic carbocycles. The topological polar surface area (TPSA) is 50.7 Å². The number of hydrogen-bond donors (Lipinski definition) is 1. The lowest BCUT2D eigenvalue weighted by Gasteiger charge is -2.15. The maximum absolute atomic E-state index is 12.3. The Morgan fingerprint density at radius 1 is 1.46 bits per heavy atom. The molecule has 24 heavy (non-hydrogen) atoms. The van der Waals surface area contributed by atoms with Gasteiger partial charge in [0.2, 0.25) is 6.10 Å². The van der Waals surface area contributed by atoms with Gasteiger partial charge in [-0.25, -0.2) is 0 Å². The first kappa shape index (κ1) is 17.0. The van der Waals surface area contributed by atoms with Crippen LogP contribution in [0.5, 0.6) is 0 Å². The highest BCUT2D eigenvalue weighted by Gasteiger charge is 2.28. The first-order valence-corrected chi connectivity index (χ1v) is 9.14. The quantitative estimate of drug-likeness (QED) is 0.848. The normalized spacial score (nSPS) is 17.9. The number of rotatable bonds is 6. The van der Waals surface area contributed by atoms with E-state index >= 15 is 0 Å². The Labute approximate surface area is 150 Å². The number of carbonyl (C=O) groups is 1. The predicted molar refractivity (Wildman–Crippen MR) is 97.7 cm³/mol. The van der Waals surface area contributed by atoms with Crippen molar-refractivity contribution in [2.75, 3.05) is 0 Å². The number of benzene rings is 1. The molecule has 1 aliphatic heterocycles. The van der Waals surface area contributed by atoms with Crippen molar-refractivity contribution in [2.24, 2.45) is 5.16 Å². The van der Waals surface area contributed by atoms with Crippen LogP contribution in [-0.4, -0.2) is 23.8 Å². The van der Waals surface area contributed by atoms with Crippen LogP contribution in [0.3, 0.4) is 0 Å². The Morgan fingerprint density at radius 2 is 2.33 bits per heavy atom. The van der Waals surface area contributed by atoms with Gasteiger partial charge in [0, 0.05) is 35.2 Å². The van der Waals surface area contributed by atoms with Crippen LogP contribution in [0.2, 0.25) is 5.02 Å². The van der Waals surface area contributed by atoms with Crippen LogP contribution >= 0.6 is 22.9 Å². The molecule has 1 aliphatic rings. The van der Waals surface area contributed by atoms with Crippen molar-refractivity contribution in [3.63, 3.8) is 0 Å². The molecule has 1 N–H and O–H groups in total. The van der Waals surface area contributed by atoms with E-state index in [4.69, 9.17) is 16.4 Å². The van der Waals surface area contributed by atoms with E-state index in [1.54, 1.807) is 11.3 Å². The maximum Gasteiger partial charge on any atom is 0.264 e. The molecule has 126 valence electrons. The van der Waals surface area contributed by atoms with Gasteiger partial charge in [-0.2, -0.15) is 0 Å². The summed E-state index contributed by atoms with van der Waals surface area (Å²) in [5.41, 5.74) is 1.93. The highest BCUT2D eigenvalue weighted by atomic mass is 35.5. The Kier molecular flexibility index (Phi) is 5.53. The zero-order chi connectivity index (χ0) is 16.9. The largest absolute Gasteiger partial charge is 0.382 e. The van der Waals surface area contributed by atoms with Gasteiger partial charge in [-0.15, -0.1) is 11.3 Å². The molecule has 1 amide bonds. The van der Waals surface area contributed by atoms with E-state index in [2.05, 4.69) is 16.5 Å². The fraction of sp³-hybridized carbons (Fsp3) is 0.333. The van der Waals surface area contributed by atoms with Crippen LogP contribution in [0.25, 0.3) is 0 Å². The number of thiophene rings is 1. The second kappa shape index (κ2) is 7.81. The molecule has 0 bridgehead atoms. The minimum Gasteiger partial charge on any atom is -0.382 e. The highest BCUT2D eigenvalue weighted by molar-refractivity contribution is 7.09. The van der Waals surface area contributed by atoms with Gasteiger partial charge in [0.15, 0.2) is 0 Å². The lowest BCUT2D eigenvalue weighted by molar-refractivity contribution is -0.131. The Morgan fingerprint density at radius 3 is 3.08 bits per heavy atom. The summed E-state index contributed by atoms with van der Waals surface area (Å²) in [6, 6.07) is 11.8. The van der Waals surface area contributed by atoms with E-state index in [-0.39, 0.29) is 11.9 Å². The number of amides is 1. The van der Waals surface area contributed by atoms with Gasteiger partial charge in [-0.3, -0.25) is 4.79 Å². The molecule has 4 nitrogen and oxygen atoms in total. The minimum absolute atomic E-state index is 0.0664. The predicted octanol–water partition coefficient (Wildman–Crippen LogP) is 3.84. The Bertz CT molecular complexity index is 730. The molecule has 0 saturated heterocycles. The lowest BCUT2D eigenvalue weighted by atomic mass is 10.0. The zero-order valence-corrected chi connectivity index (χ0v) is 14.9. The average molecular weight is 363 g/mol. The summed E-state index contributed by atoms with van der Waals surface area (Å²) in [6.45, 7) is 2.00. The molecule has 2 aromatic rings. The van der Waals surface area contributed by atoms with Crippen molar-refractivity contribution in [3.05, 3.63) is 57.2 Å². The summed E-state index contributed by atoms with van der Waals surface area (Å²) in [4.78, 5) is 18.9. The van der Waals surface area contributed by atoms with Crippen LogP contribution < -0.4 is 5.32 Å². The van der Waals surface area contributed by atoms with Gasteiger partial charge >= 0.3 is 0 Å². The molecule has 6 heteroatoms. The van der Waals surface area contributed by atoms with Crippen molar-refractivity contribution >= 4 is 34.6 Å². The number of carbonyl (C=O) groups excluding carboxylic acids is 1. The molecule has 0 spiro atoms. The fourth-order valence-electron chi connectivity index (χ4n) is 2.67. The third-order valence-corrected chi connectivity index (χ3v) is 4.93. The smallest absolute Gasteiger partial charge is 0.264 e. The molecule has 0 aliphatic carbocycles. The number of hydrogen-bond acceptors (Lipinski definition) is 4. The molecule has 0 saturated carbocycles. The van der Waals surface area contributed by atoms with E-state index in [1.807, 2.05) is 42.6 Å². The van der Waals surface area contributed by atoms with Crippen LogP contribution in [0.15, 0.2) is 46.9 Å². The van der Waals surface area contributed by atoms with Crippen LogP contribution in [0.1, 0.15) is 23.8 Å². The summed E-state index contributed by atoms with van der Waals surface area (Å²) in [7, 11) is 0. The molecule has 1 aromatic heterocycles. The second-order valence-corrected chi connectivity index (χ2v) is 7.42. The van der Waals surface area contributed by atoms with E-state index < -0.39 is 6.10 Å². The van der Waals surface area contributed by atoms with Gasteiger partial charge in [-0.05, 0) is 36.1 Å². The van der Waals surface area contributed by atoms with Crippen molar-refractivity contribution in [3.8, 4) is 0 Å². The maximum atomic E-state index is 12.3. The first-order chi connectivity index (χ1) is 11.6. The molecular weight excluding hydrogens is 344 g/mol. The van der Waals surface area contributed by atoms with E-state index in [1.165, 1.54) is 4.88 Å². The molecule has 3 rings (SSSR count). The van der Waals surface area contributed by atoms with E-state index in [0.717, 1.165) is 17.7 Å². The zero-order valence-electron chi connectivity index (χ0n) is 13.4. The van der Waals surface area contributed by atoms with E-state index in [0.29, 0.717) is 17.9 Å².